The molecule has 6 heterocycles. The van der Waals surface area contributed by atoms with Gasteiger partial charge in [-0.05, 0) is 37.0 Å². The van der Waals surface area contributed by atoms with Crippen LogP contribution in [0, 0.1) is 11.2 Å². The van der Waals surface area contributed by atoms with Crippen molar-refractivity contribution in [2.75, 3.05) is 53.5 Å². The summed E-state index contributed by atoms with van der Waals surface area (Å²) in [6.45, 7) is 7.19. The molecular formula is C40H41ClFN7O4. The zero-order chi connectivity index (χ0) is 36.6. The highest BCUT2D eigenvalue weighted by Gasteiger charge is 2.53. The maximum Gasteiger partial charge on any atom is 0.237 e. The quantitative estimate of drug-likeness (QED) is 0.258. The minimum absolute atomic E-state index is 0.0984. The smallest absolute Gasteiger partial charge is 0.237 e. The second-order valence-corrected chi connectivity index (χ2v) is 15.8. The highest BCUT2D eigenvalue weighted by Crippen LogP contribution is 2.48. The Bertz CT molecular complexity index is 2160. The molecule has 4 fully saturated rings. The first-order valence-electron chi connectivity index (χ1n) is 18.2. The molecular weight excluding hydrogens is 697 g/mol. The number of aryl methyl sites for hydroxylation is 1. The van der Waals surface area contributed by atoms with Crippen molar-refractivity contribution in [1.29, 1.82) is 0 Å². The zero-order valence-electron chi connectivity index (χ0n) is 30.0. The Morgan fingerprint density at radius 3 is 2.34 bits per heavy atom. The van der Waals surface area contributed by atoms with Gasteiger partial charge in [0.25, 0.3) is 0 Å². The molecule has 13 heteroatoms. The maximum atomic E-state index is 16.5. The molecule has 2 aromatic carbocycles. The van der Waals surface area contributed by atoms with E-state index in [-0.39, 0.29) is 34.4 Å². The van der Waals surface area contributed by atoms with Gasteiger partial charge in [-0.1, -0.05) is 41.9 Å². The van der Waals surface area contributed by atoms with Crippen molar-refractivity contribution in [3.63, 3.8) is 0 Å². The minimum Gasteiger partial charge on any atom is -0.481 e. The van der Waals surface area contributed by atoms with E-state index in [1.165, 1.54) is 0 Å². The average molecular weight is 738 g/mol. The van der Waals surface area contributed by atoms with Crippen LogP contribution in [0.2, 0.25) is 5.02 Å². The number of methoxy groups -OCH3 is 2. The molecule has 2 amide bonds. The summed E-state index contributed by atoms with van der Waals surface area (Å²) in [6.07, 6.45) is 4.88. The fourth-order valence-electron chi connectivity index (χ4n) is 9.29. The van der Waals surface area contributed by atoms with Gasteiger partial charge in [-0.3, -0.25) is 24.4 Å². The van der Waals surface area contributed by atoms with Crippen LogP contribution in [0.4, 0.5) is 4.39 Å². The van der Waals surface area contributed by atoms with Crippen LogP contribution < -0.4 is 14.8 Å². The Labute approximate surface area is 312 Å². The van der Waals surface area contributed by atoms with Crippen LogP contribution in [0.25, 0.3) is 33.6 Å². The lowest BCUT2D eigenvalue weighted by molar-refractivity contribution is -0.157. The molecule has 1 N–H and O–H groups in total. The number of carbonyl (C=O) groups excluding carboxylic acids is 2. The van der Waals surface area contributed by atoms with Gasteiger partial charge in [-0.15, -0.1) is 0 Å². The number of benzene rings is 2. The summed E-state index contributed by atoms with van der Waals surface area (Å²) in [5.74, 6) is 0.712. The molecule has 53 heavy (non-hydrogen) atoms. The molecule has 11 nitrogen and oxygen atoms in total. The van der Waals surface area contributed by atoms with Gasteiger partial charge in [0.1, 0.15) is 11.5 Å². The number of ether oxygens (including phenoxy) is 2. The number of hydrogen-bond acceptors (Lipinski definition) is 9. The van der Waals surface area contributed by atoms with Gasteiger partial charge in [-0.2, -0.15) is 0 Å². The van der Waals surface area contributed by atoms with E-state index in [1.807, 2.05) is 23.1 Å². The molecule has 0 saturated carbocycles. The average Bonchev–Trinajstić information content (AvgIpc) is 3.71. The van der Waals surface area contributed by atoms with Crippen molar-refractivity contribution in [3.8, 4) is 45.4 Å². The highest BCUT2D eigenvalue weighted by atomic mass is 35.5. The molecule has 274 valence electrons. The van der Waals surface area contributed by atoms with Gasteiger partial charge >= 0.3 is 0 Å². The molecule has 0 bridgehead atoms. The van der Waals surface area contributed by atoms with Crippen molar-refractivity contribution in [3.05, 3.63) is 76.3 Å². The second kappa shape index (κ2) is 12.7. The summed E-state index contributed by atoms with van der Waals surface area (Å²) in [4.78, 5) is 44.4. The van der Waals surface area contributed by atoms with Crippen LogP contribution in [0.1, 0.15) is 49.0 Å². The normalized spacial score (nSPS) is 21.2. The first-order valence-corrected chi connectivity index (χ1v) is 18.5. The number of amides is 2. The van der Waals surface area contributed by atoms with Crippen molar-refractivity contribution < 1.29 is 23.5 Å². The number of carbonyl (C=O) groups is 2. The number of rotatable bonds is 8. The fourth-order valence-corrected chi connectivity index (χ4v) is 9.61. The third kappa shape index (κ3) is 5.73. The number of halogens is 2. The molecule has 9 rings (SSSR count). The molecule has 4 saturated heterocycles. The van der Waals surface area contributed by atoms with Gasteiger partial charge in [0.05, 0.1) is 42.4 Å². The largest absolute Gasteiger partial charge is 0.481 e. The Balaban J connectivity index is 0.956. The predicted octanol–water partition coefficient (Wildman–Crippen LogP) is 5.30. The lowest BCUT2D eigenvalue weighted by atomic mass is 9.73. The van der Waals surface area contributed by atoms with Crippen LogP contribution in [0.15, 0.2) is 48.7 Å². The van der Waals surface area contributed by atoms with Gasteiger partial charge < -0.3 is 19.7 Å². The highest BCUT2D eigenvalue weighted by molar-refractivity contribution is 6.36. The minimum atomic E-state index is -0.464. The van der Waals surface area contributed by atoms with E-state index in [4.69, 9.17) is 26.1 Å². The van der Waals surface area contributed by atoms with Crippen LogP contribution in [-0.2, 0) is 22.6 Å². The number of aromatic nitrogens is 3. The number of pyridine rings is 1. The summed E-state index contributed by atoms with van der Waals surface area (Å²) < 4.78 is 28.0. The van der Waals surface area contributed by atoms with Crippen LogP contribution in [-0.4, -0.2) is 100 Å². The molecule has 1 atom stereocenters. The first-order chi connectivity index (χ1) is 25.6. The number of likely N-dealkylation sites (tertiary alicyclic amines) is 3. The molecule has 4 aliphatic heterocycles. The SMILES string of the molecule is COc1nc(-c2cccc(-c3cccc(-c4cc5c(c(OC)n4)[C@@H](N4CC6(CCC(=O)N6)C4)CC5)c3Cl)c2F)cnc1CN1CC2(C1)CN(C(C)=O)C2. The zero-order valence-corrected chi connectivity index (χ0v) is 30.8. The predicted molar refractivity (Wildman–Crippen MR) is 197 cm³/mol. The standard InChI is InChI=1S/C40H41ClFN7O4/c1-23(50)48-19-39(20-48)17-47(18-39)16-31-37(52-2)45-30(15-43-31)28-9-5-7-26(36(28)42)25-6-4-8-27(35(25)41)29-14-24-10-11-32(34(24)38(44-29)53-3)49-21-40(22-49)13-12-33(51)46-40/h4-9,14-15,32H,10-13,16-22H2,1-3H3,(H,46,51)/t32-/m0/s1. The maximum absolute atomic E-state index is 16.5. The Kier molecular flexibility index (Phi) is 8.21. The van der Waals surface area contributed by atoms with Crippen molar-refractivity contribution >= 4 is 23.4 Å². The van der Waals surface area contributed by atoms with Gasteiger partial charge in [0, 0.05) is 98.4 Å². The third-order valence-electron chi connectivity index (χ3n) is 11.8. The summed E-state index contributed by atoms with van der Waals surface area (Å²) in [5.41, 5.74) is 5.89. The van der Waals surface area contributed by atoms with E-state index in [0.29, 0.717) is 63.5 Å². The third-order valence-corrected chi connectivity index (χ3v) is 12.3. The summed E-state index contributed by atoms with van der Waals surface area (Å²) in [6, 6.07) is 13.0. The van der Waals surface area contributed by atoms with E-state index in [2.05, 4.69) is 31.2 Å². The summed E-state index contributed by atoms with van der Waals surface area (Å²) in [7, 11) is 3.18. The topological polar surface area (TPSA) is 113 Å². The van der Waals surface area contributed by atoms with E-state index < -0.39 is 5.82 Å². The lowest BCUT2D eigenvalue weighted by Crippen LogP contribution is -2.72. The van der Waals surface area contributed by atoms with Crippen LogP contribution in [0.5, 0.6) is 11.8 Å². The molecule has 1 aliphatic carbocycles. The van der Waals surface area contributed by atoms with E-state index in [0.717, 1.165) is 69.7 Å². The van der Waals surface area contributed by atoms with Gasteiger partial charge in [0.15, 0.2) is 0 Å². The van der Waals surface area contributed by atoms with Crippen molar-refractivity contribution in [2.45, 2.75) is 50.7 Å². The number of nitrogens with one attached hydrogen (secondary N) is 1. The number of hydrogen-bond donors (Lipinski definition) is 1. The van der Waals surface area contributed by atoms with Gasteiger partial charge in [-0.25, -0.2) is 14.4 Å². The summed E-state index contributed by atoms with van der Waals surface area (Å²) >= 11 is 7.12. The molecule has 2 aromatic heterocycles. The van der Waals surface area contributed by atoms with E-state index in [1.54, 1.807) is 45.5 Å². The molecule has 0 radical (unpaired) electrons. The molecule has 4 aromatic rings. The lowest BCUT2D eigenvalue weighted by Gasteiger charge is -2.60. The van der Waals surface area contributed by atoms with Crippen LogP contribution in [0.3, 0.4) is 0 Å². The van der Waals surface area contributed by atoms with E-state index in [9.17, 15) is 9.59 Å². The second-order valence-electron chi connectivity index (χ2n) is 15.4. The number of nitrogens with zero attached hydrogens (tertiary/aromatic N) is 6. The first kappa shape index (κ1) is 34.1. The Morgan fingerprint density at radius 2 is 1.64 bits per heavy atom. The number of fused-ring (bicyclic) bond motifs is 1. The fraction of sp³-hybridized carbons (Fsp3) is 0.425. The monoisotopic (exact) mass is 737 g/mol. The van der Waals surface area contributed by atoms with Crippen LogP contribution >= 0.6 is 11.6 Å². The molecule has 2 spiro atoms. The molecule has 0 unspecified atom stereocenters. The summed E-state index contributed by atoms with van der Waals surface area (Å²) in [5, 5.41) is 3.57. The van der Waals surface area contributed by atoms with E-state index >= 15 is 4.39 Å². The molecule has 5 aliphatic rings. The van der Waals surface area contributed by atoms with Gasteiger partial charge in [0.2, 0.25) is 23.6 Å². The van der Waals surface area contributed by atoms with Crippen molar-refractivity contribution in [1.82, 2.24) is 35.0 Å². The Hall–Kier alpha value is -4.65. The van der Waals surface area contributed by atoms with Crippen molar-refractivity contribution in [2.24, 2.45) is 5.41 Å². The Morgan fingerprint density at radius 1 is 0.943 bits per heavy atom.